The SMILES string of the molecule is CC(C)(C)c1ccc(N2C(=O)CSC2c2ccc(NC(=O)c3ccccc3)cc2)cc1. The lowest BCUT2D eigenvalue weighted by atomic mass is 9.87. The van der Waals surface area contributed by atoms with Crippen molar-refractivity contribution in [3.63, 3.8) is 0 Å². The van der Waals surface area contributed by atoms with Crippen molar-refractivity contribution in [2.24, 2.45) is 0 Å². The number of anilines is 2. The van der Waals surface area contributed by atoms with Gasteiger partial charge in [-0.05, 0) is 52.9 Å². The molecule has 3 aromatic rings. The lowest BCUT2D eigenvalue weighted by molar-refractivity contribution is -0.115. The average Bonchev–Trinajstić information content (AvgIpc) is 3.15. The zero-order valence-electron chi connectivity index (χ0n) is 18.0. The molecular weight excluding hydrogens is 404 g/mol. The first-order valence-electron chi connectivity index (χ1n) is 10.3. The van der Waals surface area contributed by atoms with E-state index in [1.807, 2.05) is 59.5 Å². The molecule has 1 unspecified atom stereocenters. The summed E-state index contributed by atoms with van der Waals surface area (Å²) in [4.78, 5) is 26.9. The molecule has 1 aliphatic rings. The van der Waals surface area contributed by atoms with Gasteiger partial charge in [0.25, 0.3) is 5.91 Å². The molecule has 0 aliphatic carbocycles. The van der Waals surface area contributed by atoms with Crippen molar-refractivity contribution in [3.05, 3.63) is 95.6 Å². The van der Waals surface area contributed by atoms with Gasteiger partial charge in [-0.1, -0.05) is 63.2 Å². The molecule has 2 amide bonds. The molecule has 158 valence electrons. The van der Waals surface area contributed by atoms with E-state index in [9.17, 15) is 9.59 Å². The van der Waals surface area contributed by atoms with Crippen molar-refractivity contribution in [1.29, 1.82) is 0 Å². The minimum absolute atomic E-state index is 0.0711. The summed E-state index contributed by atoms with van der Waals surface area (Å²) < 4.78 is 0. The van der Waals surface area contributed by atoms with Gasteiger partial charge in [-0.2, -0.15) is 0 Å². The first kappa shape index (κ1) is 21.2. The molecule has 31 heavy (non-hydrogen) atoms. The van der Waals surface area contributed by atoms with Gasteiger partial charge < -0.3 is 5.32 Å². The normalized spacial score (nSPS) is 16.4. The molecule has 1 aliphatic heterocycles. The highest BCUT2D eigenvalue weighted by Gasteiger charge is 2.34. The van der Waals surface area contributed by atoms with Crippen LogP contribution in [0.1, 0.15) is 47.6 Å². The van der Waals surface area contributed by atoms with Gasteiger partial charge >= 0.3 is 0 Å². The summed E-state index contributed by atoms with van der Waals surface area (Å²) >= 11 is 1.62. The summed E-state index contributed by atoms with van der Waals surface area (Å²) in [5.41, 5.74) is 4.61. The Labute approximate surface area is 187 Å². The molecule has 1 atom stereocenters. The number of carbonyl (C=O) groups is 2. The molecule has 0 radical (unpaired) electrons. The lowest BCUT2D eigenvalue weighted by Crippen LogP contribution is -2.28. The van der Waals surface area contributed by atoms with Gasteiger partial charge in [-0.25, -0.2) is 0 Å². The Morgan fingerprint density at radius 1 is 0.935 bits per heavy atom. The predicted molar refractivity (Wildman–Crippen MR) is 129 cm³/mol. The molecule has 1 saturated heterocycles. The largest absolute Gasteiger partial charge is 0.322 e. The third-order valence-electron chi connectivity index (χ3n) is 5.37. The second-order valence-electron chi connectivity index (χ2n) is 8.67. The maximum absolute atomic E-state index is 12.7. The Kier molecular flexibility index (Phi) is 5.88. The van der Waals surface area contributed by atoms with Crippen LogP contribution in [0, 0.1) is 0 Å². The van der Waals surface area contributed by atoms with E-state index in [4.69, 9.17) is 0 Å². The number of hydrogen-bond acceptors (Lipinski definition) is 3. The number of carbonyl (C=O) groups excluding carboxylic acids is 2. The van der Waals surface area contributed by atoms with E-state index >= 15 is 0 Å². The fourth-order valence-corrected chi connectivity index (χ4v) is 4.77. The van der Waals surface area contributed by atoms with Crippen LogP contribution in [-0.2, 0) is 10.2 Å². The van der Waals surface area contributed by atoms with E-state index in [1.54, 1.807) is 23.9 Å². The molecule has 5 heteroatoms. The first-order valence-corrected chi connectivity index (χ1v) is 11.4. The molecule has 1 fully saturated rings. The minimum atomic E-state index is -0.140. The Morgan fingerprint density at radius 2 is 1.58 bits per heavy atom. The average molecular weight is 431 g/mol. The highest BCUT2D eigenvalue weighted by Crippen LogP contribution is 2.42. The van der Waals surface area contributed by atoms with Gasteiger partial charge in [0.2, 0.25) is 5.91 Å². The first-order chi connectivity index (χ1) is 14.8. The fraction of sp³-hybridized carbons (Fsp3) is 0.231. The van der Waals surface area contributed by atoms with Crippen LogP contribution in [-0.4, -0.2) is 17.6 Å². The van der Waals surface area contributed by atoms with E-state index in [2.05, 4.69) is 38.2 Å². The van der Waals surface area contributed by atoms with E-state index < -0.39 is 0 Å². The number of amides is 2. The number of hydrogen-bond donors (Lipinski definition) is 1. The van der Waals surface area contributed by atoms with Crippen molar-refractivity contribution in [2.75, 3.05) is 16.0 Å². The van der Waals surface area contributed by atoms with Crippen LogP contribution in [0.5, 0.6) is 0 Å². The third kappa shape index (κ3) is 4.67. The number of benzene rings is 3. The Morgan fingerprint density at radius 3 is 2.19 bits per heavy atom. The van der Waals surface area contributed by atoms with Crippen molar-refractivity contribution in [2.45, 2.75) is 31.6 Å². The van der Waals surface area contributed by atoms with Crippen molar-refractivity contribution >= 4 is 35.0 Å². The summed E-state index contributed by atoms with van der Waals surface area (Å²) in [5.74, 6) is 0.428. The van der Waals surface area contributed by atoms with E-state index in [0.717, 1.165) is 16.9 Å². The van der Waals surface area contributed by atoms with Gasteiger partial charge in [0.1, 0.15) is 5.37 Å². The van der Waals surface area contributed by atoms with E-state index in [1.165, 1.54) is 5.56 Å². The molecule has 0 spiro atoms. The monoisotopic (exact) mass is 430 g/mol. The molecule has 0 bridgehead atoms. The number of thioether (sulfide) groups is 1. The Hall–Kier alpha value is -3.05. The highest BCUT2D eigenvalue weighted by molar-refractivity contribution is 8.00. The lowest BCUT2D eigenvalue weighted by Gasteiger charge is -2.26. The smallest absolute Gasteiger partial charge is 0.255 e. The van der Waals surface area contributed by atoms with Crippen LogP contribution < -0.4 is 10.2 Å². The fourth-order valence-electron chi connectivity index (χ4n) is 3.60. The van der Waals surface area contributed by atoms with Gasteiger partial charge in [0, 0.05) is 16.9 Å². The highest BCUT2D eigenvalue weighted by atomic mass is 32.2. The molecule has 1 heterocycles. The van der Waals surface area contributed by atoms with Gasteiger partial charge in [-0.15, -0.1) is 11.8 Å². The number of nitrogens with zero attached hydrogens (tertiary/aromatic N) is 1. The minimum Gasteiger partial charge on any atom is -0.322 e. The quantitative estimate of drug-likeness (QED) is 0.551. The van der Waals surface area contributed by atoms with Crippen LogP contribution in [0.4, 0.5) is 11.4 Å². The molecular formula is C26H26N2O2S. The molecule has 3 aromatic carbocycles. The second kappa shape index (κ2) is 8.60. The van der Waals surface area contributed by atoms with Crippen molar-refractivity contribution < 1.29 is 9.59 Å². The standard InChI is InChI=1S/C26H26N2O2S/c1-26(2,3)20-11-15-22(16-12-20)28-23(29)17-31-25(28)19-9-13-21(14-10-19)27-24(30)18-7-5-4-6-8-18/h4-16,25H,17H2,1-3H3,(H,27,30). The van der Waals surface area contributed by atoms with Crippen molar-refractivity contribution in [1.82, 2.24) is 0 Å². The maximum Gasteiger partial charge on any atom is 0.255 e. The molecule has 0 saturated carbocycles. The van der Waals surface area contributed by atoms with Crippen molar-refractivity contribution in [3.8, 4) is 0 Å². The van der Waals surface area contributed by atoms with Gasteiger partial charge in [0.15, 0.2) is 0 Å². The predicted octanol–water partition coefficient (Wildman–Crippen LogP) is 6.02. The summed E-state index contributed by atoms with van der Waals surface area (Å²) in [6, 6.07) is 25.1. The van der Waals surface area contributed by atoms with E-state index in [0.29, 0.717) is 11.3 Å². The van der Waals surface area contributed by atoms with Gasteiger partial charge in [-0.3, -0.25) is 14.5 Å². The van der Waals surface area contributed by atoms with Crippen LogP contribution in [0.3, 0.4) is 0 Å². The summed E-state index contributed by atoms with van der Waals surface area (Å²) in [6.45, 7) is 6.54. The molecule has 0 aromatic heterocycles. The maximum atomic E-state index is 12.7. The summed E-state index contributed by atoms with van der Waals surface area (Å²) in [6.07, 6.45) is 0. The third-order valence-corrected chi connectivity index (χ3v) is 6.58. The zero-order chi connectivity index (χ0) is 22.0. The second-order valence-corrected chi connectivity index (χ2v) is 9.73. The van der Waals surface area contributed by atoms with Crippen LogP contribution in [0.2, 0.25) is 0 Å². The molecule has 1 N–H and O–H groups in total. The topological polar surface area (TPSA) is 49.4 Å². The van der Waals surface area contributed by atoms with Crippen LogP contribution >= 0.6 is 11.8 Å². The molecule has 4 nitrogen and oxygen atoms in total. The van der Waals surface area contributed by atoms with Gasteiger partial charge in [0.05, 0.1) is 5.75 Å². The zero-order valence-corrected chi connectivity index (χ0v) is 18.8. The number of nitrogens with one attached hydrogen (secondary N) is 1. The summed E-state index contributed by atoms with van der Waals surface area (Å²) in [5, 5.41) is 2.84. The Bertz CT molecular complexity index is 1070. The molecule has 4 rings (SSSR count). The number of rotatable bonds is 4. The summed E-state index contributed by atoms with van der Waals surface area (Å²) in [7, 11) is 0. The Balaban J connectivity index is 1.51. The van der Waals surface area contributed by atoms with Crippen LogP contribution in [0.25, 0.3) is 0 Å². The van der Waals surface area contributed by atoms with Crippen LogP contribution in [0.15, 0.2) is 78.9 Å². The van der Waals surface area contributed by atoms with E-state index in [-0.39, 0.29) is 22.6 Å².